The zero-order valence-electron chi connectivity index (χ0n) is 21.3. The predicted octanol–water partition coefficient (Wildman–Crippen LogP) is 5.70. The standard InChI is InChI=1S/C28H40N2O5S/c31-25-18-17-23(27(34)29-25)30-20-22-21(28(30)35)14-13-15-24(22)36-19-12-10-8-6-4-2-1-3-5-7-9-11-16-26(32)33/h13-15,23H,1-12,16-20H2,(H,32,33)(H,29,31,34). The van der Waals surface area contributed by atoms with Crippen molar-refractivity contribution < 1.29 is 24.3 Å². The Labute approximate surface area is 218 Å². The lowest BCUT2D eigenvalue weighted by Gasteiger charge is -2.29. The molecule has 2 aliphatic rings. The van der Waals surface area contributed by atoms with Crippen molar-refractivity contribution in [2.75, 3.05) is 5.75 Å². The smallest absolute Gasteiger partial charge is 0.303 e. The number of benzene rings is 1. The number of nitrogens with zero attached hydrogens (tertiary/aromatic N) is 1. The van der Waals surface area contributed by atoms with Crippen molar-refractivity contribution in [2.45, 2.75) is 114 Å². The molecule has 198 valence electrons. The Morgan fingerprint density at radius 3 is 2.14 bits per heavy atom. The molecule has 1 saturated heterocycles. The molecule has 3 rings (SSSR count). The molecule has 0 aliphatic carbocycles. The first-order chi connectivity index (χ1) is 17.5. The summed E-state index contributed by atoms with van der Waals surface area (Å²) in [5.74, 6) is -0.412. The molecule has 0 radical (unpaired) electrons. The highest BCUT2D eigenvalue weighted by atomic mass is 32.2. The molecule has 1 fully saturated rings. The van der Waals surface area contributed by atoms with Crippen LogP contribution in [0.15, 0.2) is 23.1 Å². The molecule has 36 heavy (non-hydrogen) atoms. The molecule has 0 saturated carbocycles. The summed E-state index contributed by atoms with van der Waals surface area (Å²) in [7, 11) is 0. The van der Waals surface area contributed by atoms with Crippen molar-refractivity contribution in [3.05, 3.63) is 29.3 Å². The van der Waals surface area contributed by atoms with Gasteiger partial charge in [0.15, 0.2) is 0 Å². The quantitative estimate of drug-likeness (QED) is 0.156. The maximum absolute atomic E-state index is 12.9. The summed E-state index contributed by atoms with van der Waals surface area (Å²) >= 11 is 1.80. The molecular weight excluding hydrogens is 476 g/mol. The van der Waals surface area contributed by atoms with Gasteiger partial charge < -0.3 is 10.0 Å². The average Bonchev–Trinajstić information content (AvgIpc) is 3.18. The van der Waals surface area contributed by atoms with Crippen LogP contribution < -0.4 is 5.32 Å². The van der Waals surface area contributed by atoms with E-state index in [1.807, 2.05) is 12.1 Å². The van der Waals surface area contributed by atoms with Gasteiger partial charge in [-0.25, -0.2) is 0 Å². The minimum Gasteiger partial charge on any atom is -0.481 e. The Kier molecular flexibility index (Phi) is 11.8. The van der Waals surface area contributed by atoms with Crippen molar-refractivity contribution in [1.82, 2.24) is 10.2 Å². The fourth-order valence-corrected chi connectivity index (χ4v) is 6.11. The third-order valence-electron chi connectivity index (χ3n) is 7.08. The number of hydrogen-bond acceptors (Lipinski definition) is 5. The number of nitrogens with one attached hydrogen (secondary N) is 1. The van der Waals surface area contributed by atoms with Crippen molar-refractivity contribution in [1.29, 1.82) is 0 Å². The second-order valence-electron chi connectivity index (χ2n) is 9.92. The summed E-state index contributed by atoms with van der Waals surface area (Å²) in [6.07, 6.45) is 15.2. The van der Waals surface area contributed by atoms with E-state index in [9.17, 15) is 19.2 Å². The summed E-state index contributed by atoms with van der Waals surface area (Å²) in [6.45, 7) is 0.436. The van der Waals surface area contributed by atoms with Crippen LogP contribution in [-0.4, -0.2) is 45.5 Å². The molecule has 0 spiro atoms. The monoisotopic (exact) mass is 516 g/mol. The molecule has 2 N–H and O–H groups in total. The van der Waals surface area contributed by atoms with Gasteiger partial charge in [-0.1, -0.05) is 70.3 Å². The van der Waals surface area contributed by atoms with E-state index in [1.54, 1.807) is 16.7 Å². The highest BCUT2D eigenvalue weighted by Crippen LogP contribution is 2.34. The summed E-state index contributed by atoms with van der Waals surface area (Å²) in [5, 5.41) is 11.0. The van der Waals surface area contributed by atoms with E-state index >= 15 is 0 Å². The van der Waals surface area contributed by atoms with Crippen LogP contribution in [0.3, 0.4) is 0 Å². The maximum Gasteiger partial charge on any atom is 0.303 e. The molecule has 2 heterocycles. The van der Waals surface area contributed by atoms with Gasteiger partial charge in [0.25, 0.3) is 5.91 Å². The Balaban J connectivity index is 1.25. The number of hydrogen-bond donors (Lipinski definition) is 2. The van der Waals surface area contributed by atoms with Crippen LogP contribution in [0.25, 0.3) is 0 Å². The summed E-state index contributed by atoms with van der Waals surface area (Å²) in [6, 6.07) is 5.26. The van der Waals surface area contributed by atoms with E-state index < -0.39 is 12.0 Å². The van der Waals surface area contributed by atoms with Crippen LogP contribution in [0, 0.1) is 0 Å². The number of amides is 3. The molecule has 0 aromatic heterocycles. The topological polar surface area (TPSA) is 104 Å². The number of aliphatic carboxylic acids is 1. The third-order valence-corrected chi connectivity index (χ3v) is 8.27. The van der Waals surface area contributed by atoms with E-state index in [-0.39, 0.29) is 24.1 Å². The number of imide groups is 1. The van der Waals surface area contributed by atoms with Crippen molar-refractivity contribution >= 4 is 35.5 Å². The molecule has 1 aromatic carbocycles. The summed E-state index contributed by atoms with van der Waals surface area (Å²) in [5.41, 5.74) is 1.70. The van der Waals surface area contributed by atoms with E-state index in [0.717, 1.165) is 41.9 Å². The average molecular weight is 517 g/mol. The Hall–Kier alpha value is -2.35. The number of carbonyl (C=O) groups excluding carboxylic acids is 3. The van der Waals surface area contributed by atoms with Crippen molar-refractivity contribution in [3.63, 3.8) is 0 Å². The Morgan fingerprint density at radius 2 is 1.53 bits per heavy atom. The number of fused-ring (bicyclic) bond motifs is 1. The van der Waals surface area contributed by atoms with Crippen molar-refractivity contribution in [3.8, 4) is 0 Å². The van der Waals surface area contributed by atoms with E-state index in [0.29, 0.717) is 24.9 Å². The van der Waals surface area contributed by atoms with Crippen LogP contribution in [0.5, 0.6) is 0 Å². The Morgan fingerprint density at radius 1 is 0.917 bits per heavy atom. The van der Waals surface area contributed by atoms with Crippen LogP contribution in [0.1, 0.15) is 112 Å². The third kappa shape index (κ3) is 8.64. The number of rotatable bonds is 17. The molecule has 1 aromatic rings. The number of thioether (sulfide) groups is 1. The van der Waals surface area contributed by atoms with Crippen LogP contribution in [0.2, 0.25) is 0 Å². The van der Waals surface area contributed by atoms with Crippen LogP contribution in [0.4, 0.5) is 0 Å². The van der Waals surface area contributed by atoms with Gasteiger partial charge in [-0.3, -0.25) is 24.5 Å². The molecular formula is C28H40N2O5S. The first-order valence-electron chi connectivity index (χ1n) is 13.6. The van der Waals surface area contributed by atoms with E-state index in [2.05, 4.69) is 11.4 Å². The molecule has 7 nitrogen and oxygen atoms in total. The molecule has 2 aliphatic heterocycles. The first kappa shape index (κ1) is 28.2. The molecule has 1 unspecified atom stereocenters. The molecule has 3 amide bonds. The fourth-order valence-electron chi connectivity index (χ4n) is 5.02. The second kappa shape index (κ2) is 15.0. The highest BCUT2D eigenvalue weighted by molar-refractivity contribution is 7.99. The normalized spacial score (nSPS) is 17.4. The van der Waals surface area contributed by atoms with Gasteiger partial charge in [-0.15, -0.1) is 11.8 Å². The van der Waals surface area contributed by atoms with Crippen molar-refractivity contribution in [2.24, 2.45) is 0 Å². The van der Waals surface area contributed by atoms with Gasteiger partial charge in [-0.2, -0.15) is 0 Å². The zero-order valence-corrected chi connectivity index (χ0v) is 22.1. The lowest BCUT2D eigenvalue weighted by molar-refractivity contribution is -0.138. The lowest BCUT2D eigenvalue weighted by atomic mass is 10.0. The zero-order chi connectivity index (χ0) is 25.8. The van der Waals surface area contributed by atoms with Crippen LogP contribution >= 0.6 is 11.8 Å². The van der Waals surface area contributed by atoms with Gasteiger partial charge in [0.2, 0.25) is 11.8 Å². The number of carboxylic acids is 1. The van der Waals surface area contributed by atoms with Gasteiger partial charge >= 0.3 is 5.97 Å². The maximum atomic E-state index is 12.9. The lowest BCUT2D eigenvalue weighted by Crippen LogP contribution is -2.52. The van der Waals surface area contributed by atoms with Gasteiger partial charge in [0.05, 0.1) is 0 Å². The number of unbranched alkanes of at least 4 members (excludes halogenated alkanes) is 11. The highest BCUT2D eigenvalue weighted by Gasteiger charge is 2.39. The minimum atomic E-state index is -0.688. The fraction of sp³-hybridized carbons (Fsp3) is 0.643. The Bertz CT molecular complexity index is 919. The van der Waals surface area contributed by atoms with Gasteiger partial charge in [-0.05, 0) is 42.7 Å². The predicted molar refractivity (Wildman–Crippen MR) is 141 cm³/mol. The number of carbonyl (C=O) groups is 4. The van der Waals surface area contributed by atoms with Gasteiger partial charge in [0.1, 0.15) is 6.04 Å². The number of carboxylic acid groups (broad SMARTS) is 1. The second-order valence-corrected chi connectivity index (χ2v) is 11.1. The van der Waals surface area contributed by atoms with E-state index in [1.165, 1.54) is 51.4 Å². The SMILES string of the molecule is O=C(O)CCCCCCCCCCCCCCSc1cccc2c1CN(C1CCC(=O)NC1=O)C2=O. The largest absolute Gasteiger partial charge is 0.481 e. The first-order valence-corrected chi connectivity index (χ1v) is 14.6. The van der Waals surface area contributed by atoms with Gasteiger partial charge in [0, 0.05) is 29.8 Å². The summed E-state index contributed by atoms with van der Waals surface area (Å²) in [4.78, 5) is 49.9. The van der Waals surface area contributed by atoms with Crippen LogP contribution in [-0.2, 0) is 20.9 Å². The molecule has 8 heteroatoms. The molecule has 0 bridgehead atoms. The minimum absolute atomic E-state index is 0.111. The number of piperidine rings is 1. The molecule has 1 atom stereocenters. The van der Waals surface area contributed by atoms with E-state index in [4.69, 9.17) is 5.11 Å². The summed E-state index contributed by atoms with van der Waals surface area (Å²) < 4.78 is 0.